The molecular weight excluding hydrogens is 272 g/mol. The van der Waals surface area contributed by atoms with Gasteiger partial charge in [-0.3, -0.25) is 9.78 Å². The van der Waals surface area contributed by atoms with Gasteiger partial charge >= 0.3 is 5.97 Å². The fourth-order valence-electron chi connectivity index (χ4n) is 2.45. The lowest BCUT2D eigenvalue weighted by molar-refractivity contribution is -0.0261. The number of nitrogens with one attached hydrogen (secondary N) is 1. The number of hydrogen-bond acceptors (Lipinski definition) is 4. The van der Waals surface area contributed by atoms with Gasteiger partial charge in [-0.25, -0.2) is 4.79 Å². The topological polar surface area (TPSA) is 88.5 Å². The van der Waals surface area contributed by atoms with Crippen molar-refractivity contribution in [2.45, 2.75) is 32.3 Å². The van der Waals surface area contributed by atoms with Crippen LogP contribution in [-0.2, 0) is 4.74 Å². The highest BCUT2D eigenvalue weighted by atomic mass is 16.5. The molecule has 0 aromatic carbocycles. The van der Waals surface area contributed by atoms with E-state index in [0.29, 0.717) is 18.6 Å². The van der Waals surface area contributed by atoms with Crippen molar-refractivity contribution in [2.24, 2.45) is 5.92 Å². The van der Waals surface area contributed by atoms with E-state index in [1.54, 1.807) is 0 Å². The molecule has 0 bridgehead atoms. The Bertz CT molecular complexity index is 512. The summed E-state index contributed by atoms with van der Waals surface area (Å²) in [6.07, 6.45) is 4.72. The maximum Gasteiger partial charge on any atom is 0.335 e. The van der Waals surface area contributed by atoms with Gasteiger partial charge in [0.1, 0.15) is 5.69 Å². The first kappa shape index (κ1) is 15.4. The van der Waals surface area contributed by atoms with Gasteiger partial charge in [-0.2, -0.15) is 0 Å². The predicted molar refractivity (Wildman–Crippen MR) is 76.3 cm³/mol. The molecule has 1 saturated carbocycles. The monoisotopic (exact) mass is 292 g/mol. The third-order valence-electron chi connectivity index (χ3n) is 3.67. The smallest absolute Gasteiger partial charge is 0.335 e. The van der Waals surface area contributed by atoms with E-state index in [2.05, 4.69) is 10.3 Å². The van der Waals surface area contributed by atoms with Gasteiger partial charge in [-0.15, -0.1) is 0 Å². The van der Waals surface area contributed by atoms with Crippen LogP contribution in [0.2, 0.25) is 0 Å². The Kier molecular flexibility index (Phi) is 5.27. The summed E-state index contributed by atoms with van der Waals surface area (Å²) < 4.78 is 5.49. The highest BCUT2D eigenvalue weighted by molar-refractivity contribution is 5.95. The SMILES string of the molecule is CCOC1CC(CCNC(=O)c2cc(C(=O)O)ccn2)C1. The van der Waals surface area contributed by atoms with Crippen molar-refractivity contribution in [3.8, 4) is 0 Å². The molecular formula is C15H20N2O4. The summed E-state index contributed by atoms with van der Waals surface area (Å²) in [4.78, 5) is 26.6. The molecule has 1 fully saturated rings. The number of pyridine rings is 1. The average molecular weight is 292 g/mol. The molecule has 21 heavy (non-hydrogen) atoms. The Labute approximate surface area is 123 Å². The minimum Gasteiger partial charge on any atom is -0.478 e. The maximum absolute atomic E-state index is 11.9. The Morgan fingerprint density at radius 2 is 2.24 bits per heavy atom. The van der Waals surface area contributed by atoms with E-state index in [1.165, 1.54) is 18.3 Å². The first-order chi connectivity index (χ1) is 10.1. The van der Waals surface area contributed by atoms with Crippen LogP contribution < -0.4 is 5.32 Å². The van der Waals surface area contributed by atoms with Crippen molar-refractivity contribution in [2.75, 3.05) is 13.2 Å². The van der Waals surface area contributed by atoms with Gasteiger partial charge in [0.15, 0.2) is 0 Å². The quantitative estimate of drug-likeness (QED) is 0.798. The second-order valence-electron chi connectivity index (χ2n) is 5.19. The number of rotatable bonds is 7. The van der Waals surface area contributed by atoms with E-state index in [1.807, 2.05) is 6.92 Å². The van der Waals surface area contributed by atoms with E-state index < -0.39 is 5.97 Å². The number of carboxylic acid groups (broad SMARTS) is 1. The maximum atomic E-state index is 11.9. The van der Waals surface area contributed by atoms with Gasteiger partial charge in [0, 0.05) is 19.3 Å². The highest BCUT2D eigenvalue weighted by Gasteiger charge is 2.28. The van der Waals surface area contributed by atoms with Gasteiger partial charge in [0.25, 0.3) is 5.91 Å². The number of amides is 1. The molecule has 1 aromatic heterocycles. The largest absolute Gasteiger partial charge is 0.478 e. The Morgan fingerprint density at radius 3 is 2.90 bits per heavy atom. The van der Waals surface area contributed by atoms with Crippen LogP contribution in [0.5, 0.6) is 0 Å². The summed E-state index contributed by atoms with van der Waals surface area (Å²) in [6.45, 7) is 3.31. The molecule has 0 unspecified atom stereocenters. The molecule has 1 amide bonds. The van der Waals surface area contributed by atoms with Crippen molar-refractivity contribution >= 4 is 11.9 Å². The van der Waals surface area contributed by atoms with Crippen LogP contribution in [0.15, 0.2) is 18.3 Å². The molecule has 1 aliphatic carbocycles. The summed E-state index contributed by atoms with van der Waals surface area (Å²) in [5.41, 5.74) is 0.199. The lowest BCUT2D eigenvalue weighted by Gasteiger charge is -2.34. The van der Waals surface area contributed by atoms with Crippen LogP contribution >= 0.6 is 0 Å². The van der Waals surface area contributed by atoms with Crippen molar-refractivity contribution in [3.05, 3.63) is 29.6 Å². The fourth-order valence-corrected chi connectivity index (χ4v) is 2.45. The third-order valence-corrected chi connectivity index (χ3v) is 3.67. The number of aromatic carboxylic acids is 1. The van der Waals surface area contributed by atoms with E-state index >= 15 is 0 Å². The number of carbonyl (C=O) groups is 2. The van der Waals surface area contributed by atoms with Crippen molar-refractivity contribution in [3.63, 3.8) is 0 Å². The number of carboxylic acids is 1. The van der Waals surface area contributed by atoms with Crippen LogP contribution in [0, 0.1) is 5.92 Å². The number of aromatic nitrogens is 1. The van der Waals surface area contributed by atoms with E-state index in [-0.39, 0.29) is 17.2 Å². The van der Waals surface area contributed by atoms with Gasteiger partial charge < -0.3 is 15.2 Å². The lowest BCUT2D eigenvalue weighted by Crippen LogP contribution is -2.34. The summed E-state index contributed by atoms with van der Waals surface area (Å²) in [5, 5.41) is 11.7. The van der Waals surface area contributed by atoms with Crippen molar-refractivity contribution < 1.29 is 19.4 Å². The average Bonchev–Trinajstić information content (AvgIpc) is 2.44. The molecule has 0 radical (unpaired) electrons. The number of ether oxygens (including phenoxy) is 1. The lowest BCUT2D eigenvalue weighted by atomic mass is 9.80. The summed E-state index contributed by atoms with van der Waals surface area (Å²) in [7, 11) is 0. The Hall–Kier alpha value is -1.95. The minimum atomic E-state index is -1.07. The number of nitrogens with zero attached hydrogens (tertiary/aromatic N) is 1. The van der Waals surface area contributed by atoms with E-state index in [0.717, 1.165) is 25.9 Å². The molecule has 6 nitrogen and oxygen atoms in total. The molecule has 6 heteroatoms. The molecule has 0 saturated heterocycles. The molecule has 1 aliphatic rings. The van der Waals surface area contributed by atoms with E-state index in [9.17, 15) is 9.59 Å². The van der Waals surface area contributed by atoms with Gasteiger partial charge in [0.05, 0.1) is 11.7 Å². The van der Waals surface area contributed by atoms with Gasteiger partial charge in [-0.1, -0.05) is 0 Å². The van der Waals surface area contributed by atoms with Gasteiger partial charge in [0.2, 0.25) is 0 Å². The standard InChI is InChI=1S/C15H20N2O4/c1-2-21-12-7-10(8-12)3-5-17-14(18)13-9-11(15(19)20)4-6-16-13/h4,6,9-10,12H,2-3,5,7-8H2,1H3,(H,17,18)(H,19,20). The molecule has 1 aromatic rings. The zero-order valence-corrected chi connectivity index (χ0v) is 12.0. The molecule has 114 valence electrons. The van der Waals surface area contributed by atoms with Crippen LogP contribution in [0.3, 0.4) is 0 Å². The third kappa shape index (κ3) is 4.26. The van der Waals surface area contributed by atoms with Crippen LogP contribution in [0.25, 0.3) is 0 Å². The summed E-state index contributed by atoms with van der Waals surface area (Å²) >= 11 is 0. The molecule has 0 atom stereocenters. The minimum absolute atomic E-state index is 0.0636. The number of carbonyl (C=O) groups excluding carboxylic acids is 1. The Balaban J connectivity index is 1.73. The first-order valence-electron chi connectivity index (χ1n) is 7.19. The predicted octanol–water partition coefficient (Wildman–Crippen LogP) is 1.71. The molecule has 2 N–H and O–H groups in total. The zero-order valence-electron chi connectivity index (χ0n) is 12.0. The zero-order chi connectivity index (χ0) is 15.2. The Morgan fingerprint density at radius 1 is 1.48 bits per heavy atom. The van der Waals surface area contributed by atoms with E-state index in [4.69, 9.17) is 9.84 Å². The molecule has 2 rings (SSSR count). The van der Waals surface area contributed by atoms with Crippen LogP contribution in [0.1, 0.15) is 47.0 Å². The summed E-state index contributed by atoms with van der Waals surface area (Å²) in [5.74, 6) is -0.804. The highest BCUT2D eigenvalue weighted by Crippen LogP contribution is 2.32. The second kappa shape index (κ2) is 7.17. The first-order valence-corrected chi connectivity index (χ1v) is 7.19. The number of hydrogen-bond donors (Lipinski definition) is 2. The second-order valence-corrected chi connectivity index (χ2v) is 5.19. The van der Waals surface area contributed by atoms with Crippen LogP contribution in [0.4, 0.5) is 0 Å². The molecule has 0 spiro atoms. The van der Waals surface area contributed by atoms with Crippen LogP contribution in [-0.4, -0.2) is 41.2 Å². The normalized spacial score (nSPS) is 20.6. The van der Waals surface area contributed by atoms with Gasteiger partial charge in [-0.05, 0) is 44.2 Å². The van der Waals surface area contributed by atoms with Crippen molar-refractivity contribution in [1.29, 1.82) is 0 Å². The summed E-state index contributed by atoms with van der Waals surface area (Å²) in [6, 6.07) is 2.65. The van der Waals surface area contributed by atoms with Crippen molar-refractivity contribution in [1.82, 2.24) is 10.3 Å². The molecule has 1 heterocycles. The fraction of sp³-hybridized carbons (Fsp3) is 0.533. The molecule has 0 aliphatic heterocycles.